The SMILES string of the molecule is CCN1CCCC1CNC(=O)C1Cc2ccccc2C1. The molecule has 0 spiro atoms. The van der Waals surface area contributed by atoms with Crippen LogP contribution in [-0.4, -0.2) is 36.5 Å². The van der Waals surface area contributed by atoms with Crippen LogP contribution in [0.5, 0.6) is 0 Å². The Morgan fingerprint density at radius 3 is 2.65 bits per heavy atom. The first-order chi connectivity index (χ1) is 9.78. The van der Waals surface area contributed by atoms with E-state index in [1.807, 2.05) is 0 Å². The van der Waals surface area contributed by atoms with Crippen molar-refractivity contribution in [2.24, 2.45) is 5.92 Å². The lowest BCUT2D eigenvalue weighted by Crippen LogP contribution is -2.42. The summed E-state index contributed by atoms with van der Waals surface area (Å²) >= 11 is 0. The third kappa shape index (κ3) is 2.73. The molecule has 1 aromatic carbocycles. The number of rotatable bonds is 4. The molecular weight excluding hydrogens is 248 g/mol. The Morgan fingerprint density at radius 2 is 2.00 bits per heavy atom. The van der Waals surface area contributed by atoms with Crippen LogP contribution in [-0.2, 0) is 17.6 Å². The van der Waals surface area contributed by atoms with Gasteiger partial charge in [-0.2, -0.15) is 0 Å². The topological polar surface area (TPSA) is 32.3 Å². The first-order valence-corrected chi connectivity index (χ1v) is 7.86. The van der Waals surface area contributed by atoms with Crippen molar-refractivity contribution in [3.8, 4) is 0 Å². The molecule has 20 heavy (non-hydrogen) atoms. The molecule has 1 atom stereocenters. The quantitative estimate of drug-likeness (QED) is 0.909. The molecular formula is C17H24N2O. The van der Waals surface area contributed by atoms with Gasteiger partial charge in [0.15, 0.2) is 0 Å². The third-order valence-electron chi connectivity index (χ3n) is 4.84. The van der Waals surface area contributed by atoms with Crippen LogP contribution in [0.3, 0.4) is 0 Å². The third-order valence-corrected chi connectivity index (χ3v) is 4.84. The second-order valence-electron chi connectivity index (χ2n) is 6.04. The van der Waals surface area contributed by atoms with E-state index in [1.165, 1.54) is 30.5 Å². The van der Waals surface area contributed by atoms with Crippen molar-refractivity contribution >= 4 is 5.91 Å². The van der Waals surface area contributed by atoms with Crippen LogP contribution >= 0.6 is 0 Å². The molecule has 1 saturated heterocycles. The van der Waals surface area contributed by atoms with Gasteiger partial charge in [0.25, 0.3) is 0 Å². The molecule has 1 unspecified atom stereocenters. The van der Waals surface area contributed by atoms with Crippen molar-refractivity contribution in [2.45, 2.75) is 38.6 Å². The van der Waals surface area contributed by atoms with Crippen molar-refractivity contribution in [1.29, 1.82) is 0 Å². The van der Waals surface area contributed by atoms with E-state index >= 15 is 0 Å². The van der Waals surface area contributed by atoms with Gasteiger partial charge in [-0.05, 0) is 49.9 Å². The maximum atomic E-state index is 12.3. The van der Waals surface area contributed by atoms with Crippen molar-refractivity contribution in [1.82, 2.24) is 10.2 Å². The largest absolute Gasteiger partial charge is 0.354 e. The molecule has 3 heteroatoms. The van der Waals surface area contributed by atoms with Crippen molar-refractivity contribution < 1.29 is 4.79 Å². The van der Waals surface area contributed by atoms with Crippen molar-refractivity contribution in [3.63, 3.8) is 0 Å². The summed E-state index contributed by atoms with van der Waals surface area (Å²) in [6.45, 7) is 5.30. The van der Waals surface area contributed by atoms with E-state index in [9.17, 15) is 4.79 Å². The van der Waals surface area contributed by atoms with Gasteiger partial charge in [-0.3, -0.25) is 9.69 Å². The summed E-state index contributed by atoms with van der Waals surface area (Å²) in [5, 5.41) is 3.19. The van der Waals surface area contributed by atoms with Gasteiger partial charge in [0, 0.05) is 18.5 Å². The summed E-state index contributed by atoms with van der Waals surface area (Å²) in [5.41, 5.74) is 2.70. The number of fused-ring (bicyclic) bond motifs is 1. The van der Waals surface area contributed by atoms with E-state index in [0.717, 1.165) is 25.9 Å². The van der Waals surface area contributed by atoms with E-state index in [2.05, 4.69) is 41.4 Å². The molecule has 0 saturated carbocycles. The lowest BCUT2D eigenvalue weighted by atomic mass is 10.1. The van der Waals surface area contributed by atoms with Crippen LogP contribution in [0, 0.1) is 5.92 Å². The van der Waals surface area contributed by atoms with Gasteiger partial charge in [0.1, 0.15) is 0 Å². The van der Waals surface area contributed by atoms with Crippen molar-refractivity contribution in [2.75, 3.05) is 19.6 Å². The molecule has 0 radical (unpaired) electrons. The molecule has 1 aliphatic carbocycles. The molecule has 3 nitrogen and oxygen atoms in total. The number of likely N-dealkylation sites (tertiary alicyclic amines) is 1. The number of hydrogen-bond acceptors (Lipinski definition) is 2. The fourth-order valence-electron chi connectivity index (χ4n) is 3.65. The van der Waals surface area contributed by atoms with Gasteiger partial charge < -0.3 is 5.32 Å². The molecule has 3 rings (SSSR count). The highest BCUT2D eigenvalue weighted by molar-refractivity contribution is 5.80. The Morgan fingerprint density at radius 1 is 1.30 bits per heavy atom. The molecule has 1 aliphatic heterocycles. The van der Waals surface area contributed by atoms with E-state index in [1.54, 1.807) is 0 Å². The smallest absolute Gasteiger partial charge is 0.223 e. The van der Waals surface area contributed by atoms with Crippen LogP contribution in [0.2, 0.25) is 0 Å². The zero-order chi connectivity index (χ0) is 13.9. The van der Waals surface area contributed by atoms with Gasteiger partial charge in [0.2, 0.25) is 5.91 Å². The first-order valence-electron chi connectivity index (χ1n) is 7.86. The van der Waals surface area contributed by atoms with Crippen LogP contribution in [0.1, 0.15) is 30.9 Å². The molecule has 108 valence electrons. The van der Waals surface area contributed by atoms with Crippen LogP contribution in [0.4, 0.5) is 0 Å². The zero-order valence-electron chi connectivity index (χ0n) is 12.3. The highest BCUT2D eigenvalue weighted by atomic mass is 16.1. The minimum Gasteiger partial charge on any atom is -0.354 e. The van der Waals surface area contributed by atoms with Gasteiger partial charge in [-0.1, -0.05) is 31.2 Å². The number of nitrogens with zero attached hydrogens (tertiary/aromatic N) is 1. The minimum atomic E-state index is 0.142. The standard InChI is InChI=1S/C17H24N2O/c1-2-19-9-5-8-16(19)12-18-17(20)15-10-13-6-3-4-7-14(13)11-15/h3-4,6-7,15-16H,2,5,8-12H2,1H3,(H,18,20). The molecule has 1 heterocycles. The summed E-state index contributed by atoms with van der Waals surface area (Å²) in [4.78, 5) is 14.8. The summed E-state index contributed by atoms with van der Waals surface area (Å²) in [6, 6.07) is 8.98. The molecule has 1 aromatic rings. The van der Waals surface area contributed by atoms with Crippen LogP contribution in [0.25, 0.3) is 0 Å². The molecule has 0 aromatic heterocycles. The number of carbonyl (C=O) groups is 1. The lowest BCUT2D eigenvalue weighted by molar-refractivity contribution is -0.124. The summed E-state index contributed by atoms with van der Waals surface area (Å²) in [5.74, 6) is 0.382. The fraction of sp³-hybridized carbons (Fsp3) is 0.588. The highest BCUT2D eigenvalue weighted by Gasteiger charge is 2.28. The highest BCUT2D eigenvalue weighted by Crippen LogP contribution is 2.26. The molecule has 1 fully saturated rings. The number of benzene rings is 1. The van der Waals surface area contributed by atoms with E-state index in [0.29, 0.717) is 6.04 Å². The number of carbonyl (C=O) groups excluding carboxylic acids is 1. The summed E-state index contributed by atoms with van der Waals surface area (Å²) in [7, 11) is 0. The molecule has 2 aliphatic rings. The van der Waals surface area contributed by atoms with Gasteiger partial charge in [-0.15, -0.1) is 0 Å². The zero-order valence-corrected chi connectivity index (χ0v) is 12.3. The second kappa shape index (κ2) is 5.96. The number of nitrogens with one attached hydrogen (secondary N) is 1. The first kappa shape index (κ1) is 13.6. The molecule has 0 bridgehead atoms. The van der Waals surface area contributed by atoms with E-state index in [-0.39, 0.29) is 11.8 Å². The molecule has 1 amide bonds. The number of amides is 1. The average molecular weight is 272 g/mol. The number of hydrogen-bond donors (Lipinski definition) is 1. The Bertz CT molecular complexity index is 461. The lowest BCUT2D eigenvalue weighted by Gasteiger charge is -2.23. The van der Waals surface area contributed by atoms with Crippen LogP contribution in [0.15, 0.2) is 24.3 Å². The Kier molecular flexibility index (Phi) is 4.06. The maximum Gasteiger partial charge on any atom is 0.223 e. The van der Waals surface area contributed by atoms with Gasteiger partial charge >= 0.3 is 0 Å². The minimum absolute atomic E-state index is 0.142. The normalized spacial score (nSPS) is 22.9. The van der Waals surface area contributed by atoms with Gasteiger partial charge in [0.05, 0.1) is 0 Å². The fourth-order valence-corrected chi connectivity index (χ4v) is 3.65. The van der Waals surface area contributed by atoms with E-state index in [4.69, 9.17) is 0 Å². The maximum absolute atomic E-state index is 12.3. The summed E-state index contributed by atoms with van der Waals surface area (Å²) in [6.07, 6.45) is 4.30. The Labute approximate surface area is 121 Å². The van der Waals surface area contributed by atoms with Gasteiger partial charge in [-0.25, -0.2) is 0 Å². The molecule has 1 N–H and O–H groups in total. The van der Waals surface area contributed by atoms with Crippen molar-refractivity contribution in [3.05, 3.63) is 35.4 Å². The van der Waals surface area contributed by atoms with Crippen LogP contribution < -0.4 is 5.32 Å². The Balaban J connectivity index is 1.51. The second-order valence-corrected chi connectivity index (χ2v) is 6.04. The predicted molar refractivity (Wildman–Crippen MR) is 80.6 cm³/mol. The Hall–Kier alpha value is -1.35. The predicted octanol–water partition coefficient (Wildman–Crippen LogP) is 2.00. The summed E-state index contributed by atoms with van der Waals surface area (Å²) < 4.78 is 0. The average Bonchev–Trinajstić information content (AvgIpc) is 3.10. The van der Waals surface area contributed by atoms with E-state index < -0.39 is 0 Å². The monoisotopic (exact) mass is 272 g/mol. The number of likely N-dealkylation sites (N-methyl/N-ethyl adjacent to an activating group) is 1.